The molecule has 1 heterocycles. The summed E-state index contributed by atoms with van der Waals surface area (Å²) in [5.41, 5.74) is 3.89. The van der Waals surface area contributed by atoms with Crippen molar-refractivity contribution < 1.29 is 4.79 Å². The molecule has 2 aromatic rings. The lowest BCUT2D eigenvalue weighted by molar-refractivity contribution is -0.122. The van der Waals surface area contributed by atoms with E-state index in [2.05, 4.69) is 65.4 Å². The third kappa shape index (κ3) is 4.85. The first kappa shape index (κ1) is 18.5. The van der Waals surface area contributed by atoms with Crippen LogP contribution in [-0.2, 0) is 4.79 Å². The lowest BCUT2D eigenvalue weighted by Crippen LogP contribution is -2.49. The SMILES string of the molecule is Cc1ccccc1N1CCN(CC(=O)NC[C@@H](C)c2ccccc2)CC1. The molecule has 1 N–H and O–H groups in total. The molecular weight excluding hydrogens is 322 g/mol. The van der Waals surface area contributed by atoms with E-state index in [0.29, 0.717) is 19.0 Å². The summed E-state index contributed by atoms with van der Waals surface area (Å²) >= 11 is 0. The van der Waals surface area contributed by atoms with Gasteiger partial charge in [-0.25, -0.2) is 0 Å². The fourth-order valence-corrected chi connectivity index (χ4v) is 3.49. The molecule has 1 amide bonds. The second-order valence-electron chi connectivity index (χ2n) is 7.17. The molecular formula is C22H29N3O. The number of aryl methyl sites for hydroxylation is 1. The summed E-state index contributed by atoms with van der Waals surface area (Å²) in [6, 6.07) is 18.8. The maximum Gasteiger partial charge on any atom is 0.234 e. The number of para-hydroxylation sites is 1. The first-order valence-electron chi connectivity index (χ1n) is 9.48. The first-order chi connectivity index (χ1) is 12.6. The van der Waals surface area contributed by atoms with Crippen LogP contribution in [0, 0.1) is 6.92 Å². The topological polar surface area (TPSA) is 35.6 Å². The Morgan fingerprint density at radius 2 is 1.65 bits per heavy atom. The van der Waals surface area contributed by atoms with Gasteiger partial charge in [-0.1, -0.05) is 55.5 Å². The largest absolute Gasteiger partial charge is 0.369 e. The zero-order valence-corrected chi connectivity index (χ0v) is 15.8. The number of piperazine rings is 1. The summed E-state index contributed by atoms with van der Waals surface area (Å²) in [7, 11) is 0. The summed E-state index contributed by atoms with van der Waals surface area (Å²) in [6.45, 7) is 9.28. The van der Waals surface area contributed by atoms with Crippen LogP contribution < -0.4 is 10.2 Å². The first-order valence-corrected chi connectivity index (χ1v) is 9.48. The van der Waals surface area contributed by atoms with Crippen molar-refractivity contribution in [1.29, 1.82) is 0 Å². The zero-order valence-electron chi connectivity index (χ0n) is 15.8. The predicted octanol–water partition coefficient (Wildman–Crippen LogP) is 3.04. The standard InChI is InChI=1S/C22H29N3O/c1-18-8-6-7-11-21(18)25-14-12-24(13-15-25)17-22(26)23-16-19(2)20-9-4-3-5-10-20/h3-11,19H,12-17H2,1-2H3,(H,23,26)/t19-/m1/s1. The molecule has 0 unspecified atom stereocenters. The van der Waals surface area contributed by atoms with Gasteiger partial charge in [0, 0.05) is 38.4 Å². The number of hydrogen-bond acceptors (Lipinski definition) is 3. The Labute approximate surface area is 156 Å². The Morgan fingerprint density at radius 1 is 1.00 bits per heavy atom. The van der Waals surface area contributed by atoms with Gasteiger partial charge in [-0.3, -0.25) is 9.69 Å². The van der Waals surface area contributed by atoms with Crippen LogP contribution in [0.25, 0.3) is 0 Å². The molecule has 0 spiro atoms. The van der Waals surface area contributed by atoms with Gasteiger partial charge in [0.1, 0.15) is 0 Å². The van der Waals surface area contributed by atoms with Crippen molar-refractivity contribution in [2.75, 3.05) is 44.2 Å². The number of hydrogen-bond donors (Lipinski definition) is 1. The van der Waals surface area contributed by atoms with Crippen LogP contribution in [-0.4, -0.2) is 50.1 Å². The van der Waals surface area contributed by atoms with Gasteiger partial charge in [0.05, 0.1) is 6.54 Å². The number of amides is 1. The summed E-state index contributed by atoms with van der Waals surface area (Å²) in [5, 5.41) is 3.09. The van der Waals surface area contributed by atoms with Gasteiger partial charge in [-0.05, 0) is 30.0 Å². The monoisotopic (exact) mass is 351 g/mol. The van der Waals surface area contributed by atoms with Crippen LogP contribution in [0.1, 0.15) is 24.0 Å². The van der Waals surface area contributed by atoms with Gasteiger partial charge >= 0.3 is 0 Å². The number of anilines is 1. The lowest BCUT2D eigenvalue weighted by Gasteiger charge is -2.36. The highest BCUT2D eigenvalue weighted by Gasteiger charge is 2.20. The molecule has 4 heteroatoms. The second kappa shape index (κ2) is 8.86. The minimum absolute atomic E-state index is 0.122. The molecule has 1 fully saturated rings. The highest BCUT2D eigenvalue weighted by atomic mass is 16.2. The van der Waals surface area contributed by atoms with Crippen molar-refractivity contribution in [1.82, 2.24) is 10.2 Å². The third-order valence-electron chi connectivity index (χ3n) is 5.17. The molecule has 1 saturated heterocycles. The number of nitrogens with zero attached hydrogens (tertiary/aromatic N) is 2. The minimum atomic E-state index is 0.122. The number of carbonyl (C=O) groups is 1. The molecule has 0 saturated carbocycles. The maximum atomic E-state index is 12.3. The van der Waals surface area contributed by atoms with Crippen LogP contribution in [0.4, 0.5) is 5.69 Å². The van der Waals surface area contributed by atoms with Crippen molar-refractivity contribution in [3.63, 3.8) is 0 Å². The van der Waals surface area contributed by atoms with E-state index in [1.165, 1.54) is 16.8 Å². The fourth-order valence-electron chi connectivity index (χ4n) is 3.49. The van der Waals surface area contributed by atoms with Gasteiger partial charge in [-0.15, -0.1) is 0 Å². The average molecular weight is 351 g/mol. The lowest BCUT2D eigenvalue weighted by atomic mass is 10.0. The highest BCUT2D eigenvalue weighted by molar-refractivity contribution is 5.78. The third-order valence-corrected chi connectivity index (χ3v) is 5.17. The van der Waals surface area contributed by atoms with E-state index in [1.807, 2.05) is 18.2 Å². The minimum Gasteiger partial charge on any atom is -0.369 e. The van der Waals surface area contributed by atoms with Gasteiger partial charge in [0.25, 0.3) is 0 Å². The van der Waals surface area contributed by atoms with Gasteiger partial charge in [0.2, 0.25) is 5.91 Å². The van der Waals surface area contributed by atoms with Crippen molar-refractivity contribution in [3.05, 3.63) is 65.7 Å². The number of rotatable bonds is 6. The van der Waals surface area contributed by atoms with E-state index >= 15 is 0 Å². The fraction of sp³-hybridized carbons (Fsp3) is 0.409. The number of carbonyl (C=O) groups excluding carboxylic acids is 1. The number of benzene rings is 2. The normalized spacial score (nSPS) is 16.3. The van der Waals surface area contributed by atoms with E-state index < -0.39 is 0 Å². The van der Waals surface area contributed by atoms with Crippen molar-refractivity contribution in [2.45, 2.75) is 19.8 Å². The molecule has 1 aliphatic rings. The summed E-state index contributed by atoms with van der Waals surface area (Å²) in [5.74, 6) is 0.454. The van der Waals surface area contributed by atoms with Gasteiger partial charge in [-0.2, -0.15) is 0 Å². The van der Waals surface area contributed by atoms with E-state index in [1.54, 1.807) is 0 Å². The van der Waals surface area contributed by atoms with Crippen LogP contribution in [0.3, 0.4) is 0 Å². The molecule has 3 rings (SSSR count). The Hall–Kier alpha value is -2.33. The molecule has 0 radical (unpaired) electrons. The Bertz CT molecular complexity index is 708. The van der Waals surface area contributed by atoms with Crippen LogP contribution in [0.5, 0.6) is 0 Å². The molecule has 1 aliphatic heterocycles. The predicted molar refractivity (Wildman–Crippen MR) is 108 cm³/mol. The molecule has 138 valence electrons. The van der Waals surface area contributed by atoms with E-state index in [0.717, 1.165) is 26.2 Å². The molecule has 0 aliphatic carbocycles. The van der Waals surface area contributed by atoms with Crippen molar-refractivity contribution >= 4 is 11.6 Å². The van der Waals surface area contributed by atoms with E-state index in [-0.39, 0.29) is 5.91 Å². The Balaban J connectivity index is 1.41. The summed E-state index contributed by atoms with van der Waals surface area (Å²) < 4.78 is 0. The van der Waals surface area contributed by atoms with E-state index in [4.69, 9.17) is 0 Å². The smallest absolute Gasteiger partial charge is 0.234 e. The summed E-state index contributed by atoms with van der Waals surface area (Å²) in [4.78, 5) is 17.0. The molecule has 0 bridgehead atoms. The maximum absolute atomic E-state index is 12.3. The van der Waals surface area contributed by atoms with Crippen LogP contribution >= 0.6 is 0 Å². The van der Waals surface area contributed by atoms with Crippen molar-refractivity contribution in [2.24, 2.45) is 0 Å². The number of nitrogens with one attached hydrogen (secondary N) is 1. The van der Waals surface area contributed by atoms with Crippen LogP contribution in [0.2, 0.25) is 0 Å². The quantitative estimate of drug-likeness (QED) is 0.869. The van der Waals surface area contributed by atoms with Crippen molar-refractivity contribution in [3.8, 4) is 0 Å². The second-order valence-corrected chi connectivity index (χ2v) is 7.17. The Kier molecular flexibility index (Phi) is 6.29. The average Bonchev–Trinajstić information content (AvgIpc) is 2.68. The Morgan fingerprint density at radius 3 is 2.35 bits per heavy atom. The zero-order chi connectivity index (χ0) is 18.4. The van der Waals surface area contributed by atoms with E-state index in [9.17, 15) is 4.79 Å². The molecule has 26 heavy (non-hydrogen) atoms. The molecule has 1 atom stereocenters. The molecule has 4 nitrogen and oxygen atoms in total. The molecule has 0 aromatic heterocycles. The highest BCUT2D eigenvalue weighted by Crippen LogP contribution is 2.20. The molecule has 2 aromatic carbocycles. The van der Waals surface area contributed by atoms with Gasteiger partial charge < -0.3 is 10.2 Å². The van der Waals surface area contributed by atoms with Crippen LogP contribution in [0.15, 0.2) is 54.6 Å². The van der Waals surface area contributed by atoms with Gasteiger partial charge in [0.15, 0.2) is 0 Å². The summed E-state index contributed by atoms with van der Waals surface area (Å²) in [6.07, 6.45) is 0.